The maximum absolute atomic E-state index is 13.1. The van der Waals surface area contributed by atoms with Gasteiger partial charge < -0.3 is 11.1 Å². The Morgan fingerprint density at radius 3 is 2.62 bits per heavy atom. The Labute approximate surface area is 93.1 Å². The highest BCUT2D eigenvalue weighted by molar-refractivity contribution is 5.62. The van der Waals surface area contributed by atoms with E-state index in [-0.39, 0.29) is 5.82 Å². The lowest BCUT2D eigenvalue weighted by Crippen LogP contribution is -1.94. The summed E-state index contributed by atoms with van der Waals surface area (Å²) in [6, 6.07) is 6.50. The van der Waals surface area contributed by atoms with Gasteiger partial charge in [0.2, 0.25) is 0 Å². The van der Waals surface area contributed by atoms with E-state index in [2.05, 4.69) is 10.3 Å². The van der Waals surface area contributed by atoms with Gasteiger partial charge in [-0.15, -0.1) is 0 Å². The molecule has 0 aliphatic carbocycles. The zero-order valence-corrected chi connectivity index (χ0v) is 8.87. The second-order valence-corrected chi connectivity index (χ2v) is 3.65. The summed E-state index contributed by atoms with van der Waals surface area (Å²) < 4.78 is 13.1. The van der Waals surface area contributed by atoms with Crippen LogP contribution in [0.5, 0.6) is 0 Å². The molecule has 0 radical (unpaired) electrons. The van der Waals surface area contributed by atoms with Crippen LogP contribution in [-0.4, -0.2) is 4.98 Å². The van der Waals surface area contributed by atoms with Gasteiger partial charge in [-0.1, -0.05) is 0 Å². The first-order valence-corrected chi connectivity index (χ1v) is 4.88. The zero-order chi connectivity index (χ0) is 11.5. The molecule has 0 saturated heterocycles. The molecule has 3 nitrogen and oxygen atoms in total. The molecule has 2 rings (SSSR count). The molecule has 0 unspecified atom stereocenters. The van der Waals surface area contributed by atoms with Crippen molar-refractivity contribution in [3.05, 3.63) is 48.0 Å². The Balaban J connectivity index is 2.27. The summed E-state index contributed by atoms with van der Waals surface area (Å²) in [6.07, 6.45) is 3.19. The van der Waals surface area contributed by atoms with E-state index in [1.807, 2.05) is 13.0 Å². The smallest absolute Gasteiger partial charge is 0.125 e. The molecule has 0 bridgehead atoms. The predicted molar refractivity (Wildman–Crippen MR) is 63.1 cm³/mol. The lowest BCUT2D eigenvalue weighted by molar-refractivity contribution is 0.627. The van der Waals surface area contributed by atoms with Crippen molar-refractivity contribution in [2.75, 3.05) is 11.1 Å². The summed E-state index contributed by atoms with van der Waals surface area (Å²) in [4.78, 5) is 3.94. The molecule has 0 spiro atoms. The van der Waals surface area contributed by atoms with Gasteiger partial charge in [0.15, 0.2) is 0 Å². The highest BCUT2D eigenvalue weighted by Crippen LogP contribution is 2.19. The molecular weight excluding hydrogens is 205 g/mol. The lowest BCUT2D eigenvalue weighted by atomic mass is 10.2. The fraction of sp³-hybridized carbons (Fsp3) is 0.0833. The van der Waals surface area contributed by atoms with Gasteiger partial charge in [-0.3, -0.25) is 4.98 Å². The fourth-order valence-electron chi connectivity index (χ4n) is 1.50. The Kier molecular flexibility index (Phi) is 2.72. The van der Waals surface area contributed by atoms with E-state index in [0.717, 1.165) is 11.3 Å². The van der Waals surface area contributed by atoms with Crippen LogP contribution in [0.4, 0.5) is 21.5 Å². The van der Waals surface area contributed by atoms with Crippen molar-refractivity contribution in [2.24, 2.45) is 0 Å². The van der Waals surface area contributed by atoms with Crippen molar-refractivity contribution in [3.8, 4) is 0 Å². The van der Waals surface area contributed by atoms with Gasteiger partial charge in [-0.2, -0.15) is 0 Å². The summed E-state index contributed by atoms with van der Waals surface area (Å²) in [7, 11) is 0. The highest BCUT2D eigenvalue weighted by atomic mass is 19.1. The van der Waals surface area contributed by atoms with Gasteiger partial charge in [0, 0.05) is 11.9 Å². The first-order valence-electron chi connectivity index (χ1n) is 4.88. The Morgan fingerprint density at radius 1 is 1.12 bits per heavy atom. The number of benzene rings is 1. The summed E-state index contributed by atoms with van der Waals surface area (Å²) in [5.74, 6) is -0.264. The molecule has 1 aromatic carbocycles. The number of hydrogen-bond donors (Lipinski definition) is 2. The minimum atomic E-state index is -0.264. The summed E-state index contributed by atoms with van der Waals surface area (Å²) in [5.41, 5.74) is 8.45. The number of nitrogens with zero attached hydrogens (tertiary/aromatic N) is 1. The van der Waals surface area contributed by atoms with Crippen molar-refractivity contribution in [3.63, 3.8) is 0 Å². The molecule has 16 heavy (non-hydrogen) atoms. The molecule has 82 valence electrons. The molecule has 0 amide bonds. The number of halogens is 1. The van der Waals surface area contributed by atoms with E-state index in [4.69, 9.17) is 5.73 Å². The van der Waals surface area contributed by atoms with E-state index in [0.29, 0.717) is 11.4 Å². The number of pyridine rings is 1. The van der Waals surface area contributed by atoms with E-state index >= 15 is 0 Å². The van der Waals surface area contributed by atoms with E-state index < -0.39 is 0 Å². The maximum Gasteiger partial charge on any atom is 0.125 e. The van der Waals surface area contributed by atoms with Gasteiger partial charge >= 0.3 is 0 Å². The Morgan fingerprint density at radius 2 is 1.94 bits per heavy atom. The quantitative estimate of drug-likeness (QED) is 0.813. The van der Waals surface area contributed by atoms with Crippen LogP contribution in [0.25, 0.3) is 0 Å². The SMILES string of the molecule is Cc1cc(F)cc(Nc2cncc(N)c2)c1. The number of anilines is 3. The largest absolute Gasteiger partial charge is 0.397 e. The van der Waals surface area contributed by atoms with Gasteiger partial charge in [-0.25, -0.2) is 4.39 Å². The lowest BCUT2D eigenvalue weighted by Gasteiger charge is -2.07. The van der Waals surface area contributed by atoms with Crippen LogP contribution in [0.3, 0.4) is 0 Å². The fourth-order valence-corrected chi connectivity index (χ4v) is 1.50. The van der Waals surface area contributed by atoms with E-state index in [1.165, 1.54) is 12.1 Å². The van der Waals surface area contributed by atoms with Crippen LogP contribution >= 0.6 is 0 Å². The van der Waals surface area contributed by atoms with Crippen molar-refractivity contribution >= 4 is 17.1 Å². The van der Waals surface area contributed by atoms with Gasteiger partial charge in [0.25, 0.3) is 0 Å². The summed E-state index contributed by atoms with van der Waals surface area (Å²) >= 11 is 0. The minimum absolute atomic E-state index is 0.264. The number of aryl methyl sites for hydroxylation is 1. The summed E-state index contributed by atoms with van der Waals surface area (Å²) in [5, 5.41) is 3.04. The molecule has 3 N–H and O–H groups in total. The third-order valence-electron chi connectivity index (χ3n) is 2.09. The second kappa shape index (κ2) is 4.18. The highest BCUT2D eigenvalue weighted by Gasteiger charge is 1.99. The van der Waals surface area contributed by atoms with Crippen molar-refractivity contribution < 1.29 is 4.39 Å². The van der Waals surface area contributed by atoms with Crippen LogP contribution in [0.1, 0.15) is 5.56 Å². The van der Waals surface area contributed by atoms with Crippen LogP contribution in [0.15, 0.2) is 36.7 Å². The van der Waals surface area contributed by atoms with Crippen molar-refractivity contribution in [2.45, 2.75) is 6.92 Å². The molecule has 0 fully saturated rings. The first-order chi connectivity index (χ1) is 7.63. The third-order valence-corrected chi connectivity index (χ3v) is 2.09. The molecule has 0 atom stereocenters. The Hall–Kier alpha value is -2.10. The number of rotatable bonds is 2. The monoisotopic (exact) mass is 217 g/mol. The molecule has 0 aliphatic rings. The van der Waals surface area contributed by atoms with Crippen molar-refractivity contribution in [1.29, 1.82) is 0 Å². The van der Waals surface area contributed by atoms with Crippen LogP contribution in [-0.2, 0) is 0 Å². The molecular formula is C12H12FN3. The number of nitrogens with two attached hydrogens (primary N) is 1. The molecule has 4 heteroatoms. The normalized spacial score (nSPS) is 10.1. The molecule has 1 heterocycles. The minimum Gasteiger partial charge on any atom is -0.397 e. The van der Waals surface area contributed by atoms with Gasteiger partial charge in [-0.05, 0) is 36.8 Å². The maximum atomic E-state index is 13.1. The molecule has 0 aliphatic heterocycles. The number of nitrogen functional groups attached to an aromatic ring is 1. The number of nitrogens with one attached hydrogen (secondary N) is 1. The van der Waals surface area contributed by atoms with Crippen LogP contribution < -0.4 is 11.1 Å². The number of aromatic nitrogens is 1. The second-order valence-electron chi connectivity index (χ2n) is 3.65. The van der Waals surface area contributed by atoms with Crippen LogP contribution in [0, 0.1) is 12.7 Å². The standard InChI is InChI=1S/C12H12FN3/c1-8-2-9(13)4-11(3-8)16-12-5-10(14)6-15-7-12/h2-7,16H,14H2,1H3. The van der Waals surface area contributed by atoms with Gasteiger partial charge in [0.05, 0.1) is 17.6 Å². The van der Waals surface area contributed by atoms with E-state index in [9.17, 15) is 4.39 Å². The summed E-state index contributed by atoms with van der Waals surface area (Å²) in [6.45, 7) is 1.84. The third kappa shape index (κ3) is 2.48. The molecule has 1 aromatic heterocycles. The van der Waals surface area contributed by atoms with E-state index in [1.54, 1.807) is 18.5 Å². The molecule has 2 aromatic rings. The molecule has 0 saturated carbocycles. The first kappa shape index (κ1) is 10.4. The van der Waals surface area contributed by atoms with Gasteiger partial charge in [0.1, 0.15) is 5.82 Å². The average molecular weight is 217 g/mol. The predicted octanol–water partition coefficient (Wildman–Crippen LogP) is 2.85. The Bertz CT molecular complexity index is 491. The average Bonchev–Trinajstić information content (AvgIpc) is 2.15. The van der Waals surface area contributed by atoms with Crippen molar-refractivity contribution in [1.82, 2.24) is 4.98 Å². The topological polar surface area (TPSA) is 50.9 Å². The number of hydrogen-bond acceptors (Lipinski definition) is 3. The zero-order valence-electron chi connectivity index (χ0n) is 8.87. The van der Waals surface area contributed by atoms with Crippen LogP contribution in [0.2, 0.25) is 0 Å².